The summed E-state index contributed by atoms with van der Waals surface area (Å²) in [6, 6.07) is 12.2. The van der Waals surface area contributed by atoms with Gasteiger partial charge in [-0.05, 0) is 36.0 Å². The number of aliphatic hydroxyl groups is 1. The molecule has 0 saturated heterocycles. The summed E-state index contributed by atoms with van der Waals surface area (Å²) in [5.41, 5.74) is 1.26. The van der Waals surface area contributed by atoms with Crippen LogP contribution in [0.4, 0.5) is 4.79 Å². The fourth-order valence-electron chi connectivity index (χ4n) is 4.40. The molecule has 11 nitrogen and oxygen atoms in total. The van der Waals surface area contributed by atoms with E-state index in [-0.39, 0.29) is 32.0 Å². The van der Waals surface area contributed by atoms with Crippen molar-refractivity contribution in [1.82, 2.24) is 23.8 Å². The lowest BCUT2D eigenvalue weighted by Crippen LogP contribution is -2.59. The molecule has 40 heavy (non-hydrogen) atoms. The lowest BCUT2D eigenvalue weighted by atomic mass is 9.97. The van der Waals surface area contributed by atoms with Crippen LogP contribution in [-0.4, -0.2) is 89.4 Å². The number of nitrogens with one attached hydrogen (secondary N) is 1. The average molecular weight is 577 g/mol. The number of hydrogen-bond donors (Lipinski definition) is 2. The molecule has 2 amide bonds. The van der Waals surface area contributed by atoms with E-state index in [0.717, 1.165) is 14.8 Å². The lowest BCUT2D eigenvalue weighted by molar-refractivity contribution is -0.269. The number of aromatic nitrogens is 1. The number of amides is 2. The third kappa shape index (κ3) is 9.54. The summed E-state index contributed by atoms with van der Waals surface area (Å²) in [6.07, 6.45) is -1.09. The maximum Gasteiger partial charge on any atom is 0.281 e. The molecule has 0 aliphatic heterocycles. The van der Waals surface area contributed by atoms with Gasteiger partial charge in [0.15, 0.2) is 0 Å². The van der Waals surface area contributed by atoms with E-state index in [1.807, 2.05) is 44.2 Å². The number of rotatable bonds is 15. The Morgan fingerprint density at radius 1 is 1.00 bits per heavy atom. The Bertz CT molecular complexity index is 1180. The van der Waals surface area contributed by atoms with E-state index in [2.05, 4.69) is 10.3 Å². The largest absolute Gasteiger partial charge is 0.530 e. The maximum absolute atomic E-state index is 13.7. The van der Waals surface area contributed by atoms with Gasteiger partial charge in [-0.25, -0.2) is 0 Å². The molecule has 3 atom stereocenters. The molecule has 1 aromatic heterocycles. The van der Waals surface area contributed by atoms with Crippen molar-refractivity contribution in [2.24, 2.45) is 11.8 Å². The standard InChI is InChI=1S/C28H43N5O6S/c1-20(2)17-32(40(38,39)31(5)6)19-25(34)24(16-22-12-8-7-9-13-22)30-27(35)26(21(3)4)33(28(36)37)18-23-14-10-11-15-29-23/h7-15,20-21,24-26,34H,16-19H2,1-6H3,(H,30,35)(H,36,37)/p-1/t24-,25+,26-/m0/s1. The van der Waals surface area contributed by atoms with Crippen LogP contribution in [-0.2, 0) is 28.0 Å². The van der Waals surface area contributed by atoms with Crippen LogP contribution in [0.15, 0.2) is 54.7 Å². The molecule has 0 saturated carbocycles. The highest BCUT2D eigenvalue weighted by atomic mass is 32.2. The summed E-state index contributed by atoms with van der Waals surface area (Å²) < 4.78 is 28.3. The highest BCUT2D eigenvalue weighted by Gasteiger charge is 2.35. The minimum absolute atomic E-state index is 0.0161. The number of nitrogens with zero attached hydrogens (tertiary/aromatic N) is 4. The van der Waals surface area contributed by atoms with Crippen molar-refractivity contribution in [2.45, 2.75) is 58.8 Å². The van der Waals surface area contributed by atoms with E-state index < -0.39 is 46.3 Å². The minimum Gasteiger partial charge on any atom is -0.530 e. The quantitative estimate of drug-likeness (QED) is 0.323. The van der Waals surface area contributed by atoms with Crippen LogP contribution in [0.25, 0.3) is 0 Å². The maximum atomic E-state index is 13.7. The van der Waals surface area contributed by atoms with Gasteiger partial charge >= 0.3 is 0 Å². The number of carboxylic acid groups (broad SMARTS) is 1. The zero-order valence-corrected chi connectivity index (χ0v) is 24.9. The van der Waals surface area contributed by atoms with E-state index in [9.17, 15) is 28.2 Å². The second-order valence-electron chi connectivity index (χ2n) is 10.8. The third-order valence-corrected chi connectivity index (χ3v) is 8.24. The first-order valence-corrected chi connectivity index (χ1v) is 14.7. The molecule has 2 aromatic rings. The summed E-state index contributed by atoms with van der Waals surface area (Å²) in [6.45, 7) is 6.93. The van der Waals surface area contributed by atoms with Gasteiger partial charge in [0.25, 0.3) is 10.2 Å². The highest BCUT2D eigenvalue weighted by Crippen LogP contribution is 2.17. The Morgan fingerprint density at radius 3 is 2.12 bits per heavy atom. The average Bonchev–Trinajstić information content (AvgIpc) is 2.88. The first kappa shape index (κ1) is 33.1. The minimum atomic E-state index is -3.86. The van der Waals surface area contributed by atoms with Crippen LogP contribution < -0.4 is 10.4 Å². The molecule has 1 aromatic carbocycles. The smallest absolute Gasteiger partial charge is 0.281 e. The van der Waals surface area contributed by atoms with Crippen LogP contribution >= 0.6 is 0 Å². The summed E-state index contributed by atoms with van der Waals surface area (Å²) >= 11 is 0. The molecule has 2 rings (SSSR count). The van der Waals surface area contributed by atoms with E-state index >= 15 is 0 Å². The van der Waals surface area contributed by atoms with Gasteiger partial charge in [0, 0.05) is 33.4 Å². The van der Waals surface area contributed by atoms with Gasteiger partial charge in [-0.15, -0.1) is 0 Å². The van der Waals surface area contributed by atoms with Crippen molar-refractivity contribution in [1.29, 1.82) is 0 Å². The molecule has 0 fully saturated rings. The summed E-state index contributed by atoms with van der Waals surface area (Å²) in [7, 11) is -1.02. The van der Waals surface area contributed by atoms with Crippen molar-refractivity contribution in [2.75, 3.05) is 27.2 Å². The molecular weight excluding hydrogens is 534 g/mol. The van der Waals surface area contributed by atoms with Gasteiger partial charge in [0.1, 0.15) is 12.1 Å². The Hall–Kier alpha value is -3.06. The molecule has 0 unspecified atom stereocenters. The van der Waals surface area contributed by atoms with Gasteiger partial charge in [-0.2, -0.15) is 17.0 Å². The van der Waals surface area contributed by atoms with Gasteiger partial charge < -0.3 is 25.2 Å². The number of aliphatic hydroxyl groups excluding tert-OH is 1. The van der Waals surface area contributed by atoms with Crippen molar-refractivity contribution >= 4 is 22.2 Å². The van der Waals surface area contributed by atoms with Crippen molar-refractivity contribution < 1.29 is 28.2 Å². The van der Waals surface area contributed by atoms with Gasteiger partial charge in [-0.3, -0.25) is 9.78 Å². The highest BCUT2D eigenvalue weighted by molar-refractivity contribution is 7.86. The molecular formula is C28H42N5O6S-. The van der Waals surface area contributed by atoms with Crippen LogP contribution in [0.2, 0.25) is 0 Å². The molecule has 12 heteroatoms. The zero-order chi connectivity index (χ0) is 30.0. The fraction of sp³-hybridized carbons (Fsp3) is 0.536. The molecule has 0 bridgehead atoms. The fourth-order valence-corrected chi connectivity index (χ4v) is 5.69. The number of pyridine rings is 1. The second-order valence-corrected chi connectivity index (χ2v) is 12.9. The lowest BCUT2D eigenvalue weighted by Gasteiger charge is -2.37. The van der Waals surface area contributed by atoms with Gasteiger partial charge in [-0.1, -0.05) is 64.1 Å². The predicted molar refractivity (Wildman–Crippen MR) is 151 cm³/mol. The summed E-state index contributed by atoms with van der Waals surface area (Å²) in [4.78, 5) is 30.9. The molecule has 0 aliphatic rings. The first-order valence-electron chi connectivity index (χ1n) is 13.3. The topological polar surface area (TPSA) is 146 Å². The number of carbonyl (C=O) groups is 2. The zero-order valence-electron chi connectivity index (χ0n) is 24.1. The van der Waals surface area contributed by atoms with Crippen LogP contribution in [0, 0.1) is 11.8 Å². The molecule has 2 N–H and O–H groups in total. The molecule has 0 aliphatic carbocycles. The molecule has 0 radical (unpaired) electrons. The second kappa shape index (κ2) is 15.1. The number of carbonyl (C=O) groups excluding carboxylic acids is 2. The molecule has 222 valence electrons. The molecule has 1 heterocycles. The van der Waals surface area contributed by atoms with Crippen molar-refractivity contribution in [3.63, 3.8) is 0 Å². The monoisotopic (exact) mass is 576 g/mol. The molecule has 0 spiro atoms. The van der Waals surface area contributed by atoms with E-state index in [1.54, 1.807) is 32.0 Å². The number of hydrogen-bond acceptors (Lipinski definition) is 7. The predicted octanol–water partition coefficient (Wildman–Crippen LogP) is 1.10. The van der Waals surface area contributed by atoms with E-state index in [1.165, 1.54) is 24.6 Å². The van der Waals surface area contributed by atoms with Gasteiger partial charge in [0.2, 0.25) is 5.91 Å². The van der Waals surface area contributed by atoms with E-state index in [0.29, 0.717) is 5.69 Å². The third-order valence-electron chi connectivity index (χ3n) is 6.37. The Labute approximate surface area is 238 Å². The van der Waals surface area contributed by atoms with E-state index in [4.69, 9.17) is 0 Å². The Kier molecular flexibility index (Phi) is 12.5. The van der Waals surface area contributed by atoms with Crippen LogP contribution in [0.5, 0.6) is 0 Å². The first-order chi connectivity index (χ1) is 18.7. The Balaban J connectivity index is 2.39. The summed E-state index contributed by atoms with van der Waals surface area (Å²) in [5.74, 6) is -1.08. The van der Waals surface area contributed by atoms with Crippen molar-refractivity contribution in [3.05, 3.63) is 66.0 Å². The van der Waals surface area contributed by atoms with Crippen molar-refractivity contribution in [3.8, 4) is 0 Å². The summed E-state index contributed by atoms with van der Waals surface area (Å²) in [5, 5.41) is 26.4. The van der Waals surface area contributed by atoms with Crippen LogP contribution in [0.1, 0.15) is 39.0 Å². The normalized spacial score (nSPS) is 14.4. The van der Waals surface area contributed by atoms with Crippen LogP contribution in [0.3, 0.4) is 0 Å². The SMILES string of the molecule is CC(C)CN(C[C@@H](O)[C@H](Cc1ccccc1)NC(=O)[C@H](C(C)C)N(Cc1ccccn1)C(=O)[O-])S(=O)(=O)N(C)C. The number of benzene rings is 1. The van der Waals surface area contributed by atoms with Gasteiger partial charge in [0.05, 0.1) is 24.4 Å². The Morgan fingerprint density at radius 2 is 1.62 bits per heavy atom.